The Morgan fingerprint density at radius 2 is 1.64 bits per heavy atom. The minimum absolute atomic E-state index is 0.0586. The highest BCUT2D eigenvalue weighted by Gasteiger charge is 2.19. The molecule has 0 unspecified atom stereocenters. The van der Waals surface area contributed by atoms with Crippen LogP contribution in [0.1, 0.15) is 19.4 Å². The van der Waals surface area contributed by atoms with Crippen molar-refractivity contribution in [2.24, 2.45) is 5.41 Å². The fourth-order valence-corrected chi connectivity index (χ4v) is 3.87. The molecule has 0 atom stereocenters. The normalized spacial score (nSPS) is 16.3. The maximum atomic E-state index is 3.50. The molecule has 0 saturated heterocycles. The number of allylic oxidation sites excluding steroid dienone is 1. The quantitative estimate of drug-likeness (QED) is 0.466. The van der Waals surface area contributed by atoms with Crippen LogP contribution in [0.4, 0.5) is 0 Å². The number of aromatic nitrogens is 1. The molecule has 1 aliphatic carbocycles. The number of aromatic amines is 1. The Balaban J connectivity index is 2.18. The molecular weight excluding hydrogens is 266 g/mol. The van der Waals surface area contributed by atoms with Gasteiger partial charge in [-0.1, -0.05) is 68.5 Å². The first-order chi connectivity index (χ1) is 10.6. The monoisotopic (exact) mass is 283 g/mol. The summed E-state index contributed by atoms with van der Waals surface area (Å²) >= 11 is 0. The lowest BCUT2D eigenvalue weighted by atomic mass is 9.91. The van der Waals surface area contributed by atoms with Crippen LogP contribution in [0, 0.1) is 5.41 Å². The first-order valence-corrected chi connectivity index (χ1v) is 7.80. The van der Waals surface area contributed by atoms with Crippen LogP contribution in [0.25, 0.3) is 44.5 Å². The van der Waals surface area contributed by atoms with Gasteiger partial charge in [-0.3, -0.25) is 0 Å². The zero-order valence-corrected chi connectivity index (χ0v) is 12.8. The molecule has 3 aromatic carbocycles. The average Bonchev–Trinajstić information content (AvgIpc) is 2.84. The SMILES string of the molecule is CC1(C)C=Cc2c3cccc4cccc(c5c[nH]c(c25)=C1)c43. The van der Waals surface area contributed by atoms with Gasteiger partial charge in [0, 0.05) is 27.7 Å². The van der Waals surface area contributed by atoms with E-state index in [1.54, 1.807) is 0 Å². The van der Waals surface area contributed by atoms with E-state index in [1.807, 2.05) is 0 Å². The molecule has 1 heterocycles. The molecule has 1 aromatic heterocycles. The van der Waals surface area contributed by atoms with Gasteiger partial charge in [-0.25, -0.2) is 0 Å². The van der Waals surface area contributed by atoms with Crippen molar-refractivity contribution in [1.29, 1.82) is 0 Å². The molecule has 106 valence electrons. The van der Waals surface area contributed by atoms with Crippen LogP contribution >= 0.6 is 0 Å². The second kappa shape index (κ2) is 3.80. The lowest BCUT2D eigenvalue weighted by molar-refractivity contribution is 0.673. The molecule has 0 amide bonds. The molecule has 0 radical (unpaired) electrons. The summed E-state index contributed by atoms with van der Waals surface area (Å²) in [4.78, 5) is 3.50. The van der Waals surface area contributed by atoms with Gasteiger partial charge in [-0.05, 0) is 27.1 Å². The minimum Gasteiger partial charge on any atom is -0.361 e. The summed E-state index contributed by atoms with van der Waals surface area (Å²) in [6.45, 7) is 4.50. The minimum atomic E-state index is 0.0586. The molecular formula is C21H17N. The van der Waals surface area contributed by atoms with Gasteiger partial charge in [-0.15, -0.1) is 0 Å². The highest BCUT2D eigenvalue weighted by molar-refractivity contribution is 6.25. The van der Waals surface area contributed by atoms with Crippen molar-refractivity contribution in [2.45, 2.75) is 13.8 Å². The van der Waals surface area contributed by atoms with E-state index in [4.69, 9.17) is 0 Å². The van der Waals surface area contributed by atoms with Crippen molar-refractivity contribution in [3.63, 3.8) is 0 Å². The summed E-state index contributed by atoms with van der Waals surface area (Å²) in [5.74, 6) is 0. The van der Waals surface area contributed by atoms with E-state index in [0.717, 1.165) is 0 Å². The first kappa shape index (κ1) is 12.0. The molecule has 0 saturated carbocycles. The van der Waals surface area contributed by atoms with Crippen LogP contribution in [-0.4, -0.2) is 4.98 Å². The van der Waals surface area contributed by atoms with Crippen LogP contribution in [0.2, 0.25) is 0 Å². The number of H-pyrrole nitrogens is 1. The topological polar surface area (TPSA) is 15.8 Å². The van der Waals surface area contributed by atoms with E-state index in [-0.39, 0.29) is 5.41 Å². The van der Waals surface area contributed by atoms with Crippen LogP contribution in [0.5, 0.6) is 0 Å². The van der Waals surface area contributed by atoms with Crippen molar-refractivity contribution in [2.75, 3.05) is 0 Å². The number of nitrogens with one attached hydrogen (secondary N) is 1. The molecule has 1 nitrogen and oxygen atoms in total. The van der Waals surface area contributed by atoms with Crippen molar-refractivity contribution in [3.05, 3.63) is 59.6 Å². The number of rotatable bonds is 0. The van der Waals surface area contributed by atoms with Gasteiger partial charge in [-0.2, -0.15) is 0 Å². The number of fused-ring (bicyclic) bond motifs is 2. The number of hydrogen-bond donors (Lipinski definition) is 1. The highest BCUT2D eigenvalue weighted by atomic mass is 14.7. The van der Waals surface area contributed by atoms with E-state index in [2.05, 4.69) is 79.7 Å². The van der Waals surface area contributed by atoms with Crippen molar-refractivity contribution in [3.8, 4) is 0 Å². The molecule has 4 aromatic rings. The fraction of sp³-hybridized carbons (Fsp3) is 0.143. The standard InChI is InChI=1S/C21H17N/c1-21(2)10-9-16-14-7-3-5-13-6-4-8-15(19(13)14)17-12-22-18(11-21)20(16)17/h3-12,22H,1-2H3. The number of hydrogen-bond acceptors (Lipinski definition) is 0. The summed E-state index contributed by atoms with van der Waals surface area (Å²) in [5.41, 5.74) is 1.40. The third-order valence-corrected chi connectivity index (χ3v) is 4.86. The van der Waals surface area contributed by atoms with E-state index in [9.17, 15) is 0 Å². The molecule has 22 heavy (non-hydrogen) atoms. The summed E-state index contributed by atoms with van der Waals surface area (Å²) in [7, 11) is 0. The molecule has 0 fully saturated rings. The fourth-order valence-electron chi connectivity index (χ4n) is 3.87. The summed E-state index contributed by atoms with van der Waals surface area (Å²) < 4.78 is 0. The van der Waals surface area contributed by atoms with Crippen molar-refractivity contribution < 1.29 is 0 Å². The van der Waals surface area contributed by atoms with Crippen LogP contribution in [-0.2, 0) is 0 Å². The Morgan fingerprint density at radius 1 is 0.864 bits per heavy atom. The highest BCUT2D eigenvalue weighted by Crippen LogP contribution is 2.38. The third-order valence-electron chi connectivity index (χ3n) is 4.86. The van der Waals surface area contributed by atoms with Gasteiger partial charge in [0.05, 0.1) is 0 Å². The van der Waals surface area contributed by atoms with Gasteiger partial charge < -0.3 is 4.98 Å². The second-order valence-corrected chi connectivity index (χ2v) is 6.91. The predicted molar refractivity (Wildman–Crippen MR) is 95.8 cm³/mol. The molecule has 0 bridgehead atoms. The van der Waals surface area contributed by atoms with Crippen molar-refractivity contribution >= 4 is 44.5 Å². The second-order valence-electron chi connectivity index (χ2n) is 6.91. The summed E-state index contributed by atoms with van der Waals surface area (Å²) in [6.07, 6.45) is 9.13. The van der Waals surface area contributed by atoms with Gasteiger partial charge >= 0.3 is 0 Å². The maximum Gasteiger partial charge on any atom is 0.0434 e. The zero-order valence-electron chi connectivity index (χ0n) is 12.8. The van der Waals surface area contributed by atoms with Crippen molar-refractivity contribution in [1.82, 2.24) is 4.98 Å². The zero-order chi connectivity index (χ0) is 14.9. The third kappa shape index (κ3) is 1.43. The van der Waals surface area contributed by atoms with E-state index < -0.39 is 0 Å². The largest absolute Gasteiger partial charge is 0.361 e. The van der Waals surface area contributed by atoms with E-state index >= 15 is 0 Å². The van der Waals surface area contributed by atoms with Crippen LogP contribution < -0.4 is 5.35 Å². The van der Waals surface area contributed by atoms with Crippen LogP contribution in [0.3, 0.4) is 0 Å². The lowest BCUT2D eigenvalue weighted by Crippen LogP contribution is -2.10. The maximum absolute atomic E-state index is 3.50. The molecule has 0 aliphatic heterocycles. The first-order valence-electron chi connectivity index (χ1n) is 7.80. The molecule has 0 spiro atoms. The smallest absolute Gasteiger partial charge is 0.0434 e. The van der Waals surface area contributed by atoms with Gasteiger partial charge in [0.1, 0.15) is 0 Å². The molecule has 1 aliphatic rings. The Bertz CT molecular complexity index is 1130. The Labute approximate surface area is 128 Å². The predicted octanol–water partition coefficient (Wildman–Crippen LogP) is 5.03. The Hall–Kier alpha value is -2.54. The van der Waals surface area contributed by atoms with Crippen LogP contribution in [0.15, 0.2) is 48.7 Å². The van der Waals surface area contributed by atoms with E-state index in [0.29, 0.717) is 0 Å². The van der Waals surface area contributed by atoms with Gasteiger partial charge in [0.25, 0.3) is 0 Å². The van der Waals surface area contributed by atoms with Gasteiger partial charge in [0.2, 0.25) is 0 Å². The molecule has 1 heteroatoms. The average molecular weight is 283 g/mol. The molecule has 5 rings (SSSR count). The summed E-state index contributed by atoms with van der Waals surface area (Å²) in [5, 5.41) is 9.31. The Morgan fingerprint density at radius 3 is 2.45 bits per heavy atom. The number of benzene rings is 3. The molecule has 1 N–H and O–H groups in total. The van der Waals surface area contributed by atoms with Gasteiger partial charge in [0.15, 0.2) is 0 Å². The van der Waals surface area contributed by atoms with E-state index in [1.165, 1.54) is 43.2 Å². The Kier molecular flexibility index (Phi) is 2.08. The lowest BCUT2D eigenvalue weighted by Gasteiger charge is -2.12. The summed E-state index contributed by atoms with van der Waals surface area (Å²) in [6, 6.07) is 13.2.